The molecular weight excluding hydrogens is 396 g/mol. The molecule has 0 spiro atoms. The number of hydrazine groups is 1. The van der Waals surface area contributed by atoms with E-state index in [4.69, 9.17) is 17.0 Å². The summed E-state index contributed by atoms with van der Waals surface area (Å²) >= 11 is 6.33. The van der Waals surface area contributed by atoms with Crippen molar-refractivity contribution in [3.05, 3.63) is 64.6 Å². The number of carbonyl (C=O) groups is 2. The molecule has 0 aromatic heterocycles. The van der Waals surface area contributed by atoms with E-state index < -0.39 is 5.91 Å². The third kappa shape index (κ3) is 4.71. The third-order valence-electron chi connectivity index (χ3n) is 3.82. The average Bonchev–Trinajstić information content (AvgIpc) is 2.93. The molecule has 2 aromatic carbocycles. The van der Waals surface area contributed by atoms with Gasteiger partial charge in [0.1, 0.15) is 0 Å². The topological polar surface area (TPSA) is 78.9 Å². The number of nitrogens with one attached hydrogen (secondary N) is 1. The zero-order chi connectivity index (χ0) is 20.1. The molecule has 2 N–H and O–H groups in total. The van der Waals surface area contributed by atoms with Gasteiger partial charge in [-0.05, 0) is 48.5 Å². The number of phenolic OH excluding ortho intramolecular Hbond substituents is 1. The lowest BCUT2D eigenvalue weighted by molar-refractivity contribution is -0.132. The molecule has 1 saturated heterocycles. The molecule has 6 nitrogen and oxygen atoms in total. The first-order valence-electron chi connectivity index (χ1n) is 8.55. The second kappa shape index (κ2) is 8.90. The summed E-state index contributed by atoms with van der Waals surface area (Å²) in [5, 5.41) is 10.9. The minimum Gasteiger partial charge on any atom is -0.504 e. The second-order valence-corrected chi connectivity index (χ2v) is 7.55. The number of aromatic hydroxyl groups is 1. The summed E-state index contributed by atoms with van der Waals surface area (Å²) in [7, 11) is 0. The summed E-state index contributed by atoms with van der Waals surface area (Å²) in [4.78, 5) is 25.3. The quantitative estimate of drug-likeness (QED) is 0.558. The van der Waals surface area contributed by atoms with Crippen molar-refractivity contribution in [2.45, 2.75) is 13.3 Å². The Balaban J connectivity index is 1.71. The first kappa shape index (κ1) is 19.9. The highest BCUT2D eigenvalue weighted by molar-refractivity contribution is 8.26. The number of phenols is 1. The number of nitrogens with zero attached hydrogens (tertiary/aromatic N) is 1. The fourth-order valence-electron chi connectivity index (χ4n) is 2.55. The van der Waals surface area contributed by atoms with Crippen molar-refractivity contribution < 1.29 is 19.4 Å². The van der Waals surface area contributed by atoms with Gasteiger partial charge in [-0.15, -0.1) is 0 Å². The SMILES string of the molecule is CCOc1cc(/C=C2/SC(=S)N(NC(=O)Cc3ccccc3)C2=O)ccc1O. The summed E-state index contributed by atoms with van der Waals surface area (Å²) in [5.41, 5.74) is 4.08. The molecule has 0 atom stereocenters. The van der Waals surface area contributed by atoms with Crippen molar-refractivity contribution >= 4 is 46.2 Å². The summed E-state index contributed by atoms with van der Waals surface area (Å²) in [6, 6.07) is 14.0. The lowest BCUT2D eigenvalue weighted by atomic mass is 10.1. The van der Waals surface area contributed by atoms with Gasteiger partial charge >= 0.3 is 0 Å². The van der Waals surface area contributed by atoms with E-state index in [1.807, 2.05) is 37.3 Å². The Morgan fingerprint density at radius 1 is 1.29 bits per heavy atom. The van der Waals surface area contributed by atoms with Crippen LogP contribution in [0.25, 0.3) is 6.08 Å². The average molecular weight is 415 g/mol. The van der Waals surface area contributed by atoms with Gasteiger partial charge in [0.25, 0.3) is 5.91 Å². The number of hydrogen-bond donors (Lipinski definition) is 2. The molecule has 1 aliphatic rings. The van der Waals surface area contributed by atoms with E-state index in [2.05, 4.69) is 5.43 Å². The Morgan fingerprint density at radius 2 is 2.04 bits per heavy atom. The van der Waals surface area contributed by atoms with E-state index in [1.165, 1.54) is 6.07 Å². The van der Waals surface area contributed by atoms with Crippen LogP contribution < -0.4 is 10.2 Å². The minimum absolute atomic E-state index is 0.0275. The van der Waals surface area contributed by atoms with Gasteiger partial charge in [0.2, 0.25) is 5.91 Å². The minimum atomic E-state index is -0.401. The molecule has 0 saturated carbocycles. The van der Waals surface area contributed by atoms with Crippen molar-refractivity contribution in [2.75, 3.05) is 6.61 Å². The molecule has 8 heteroatoms. The van der Waals surface area contributed by atoms with Crippen molar-refractivity contribution in [1.29, 1.82) is 0 Å². The molecule has 144 valence electrons. The number of rotatable bonds is 6. The number of hydrogen-bond acceptors (Lipinski definition) is 6. The van der Waals surface area contributed by atoms with E-state index in [9.17, 15) is 14.7 Å². The van der Waals surface area contributed by atoms with E-state index in [0.29, 0.717) is 22.8 Å². The Morgan fingerprint density at radius 3 is 2.75 bits per heavy atom. The van der Waals surface area contributed by atoms with E-state index in [1.54, 1.807) is 18.2 Å². The van der Waals surface area contributed by atoms with Crippen LogP contribution in [0.1, 0.15) is 18.1 Å². The van der Waals surface area contributed by atoms with Crippen molar-refractivity contribution in [1.82, 2.24) is 10.4 Å². The molecule has 28 heavy (non-hydrogen) atoms. The van der Waals surface area contributed by atoms with Crippen LogP contribution in [0, 0.1) is 0 Å². The van der Waals surface area contributed by atoms with Crippen LogP contribution in [0.3, 0.4) is 0 Å². The third-order valence-corrected chi connectivity index (χ3v) is 5.12. The summed E-state index contributed by atoms with van der Waals surface area (Å²) < 4.78 is 5.61. The maximum atomic E-state index is 12.6. The van der Waals surface area contributed by atoms with Crippen LogP contribution in [0.4, 0.5) is 0 Å². The van der Waals surface area contributed by atoms with E-state index in [0.717, 1.165) is 22.3 Å². The van der Waals surface area contributed by atoms with Crippen LogP contribution in [0.2, 0.25) is 0 Å². The molecular formula is C20H18N2O4S2. The molecule has 2 amide bonds. The highest BCUT2D eigenvalue weighted by atomic mass is 32.2. The molecule has 1 aliphatic heterocycles. The largest absolute Gasteiger partial charge is 0.504 e. The van der Waals surface area contributed by atoms with Gasteiger partial charge < -0.3 is 9.84 Å². The predicted octanol–water partition coefficient (Wildman–Crippen LogP) is 3.27. The number of ether oxygens (including phenoxy) is 1. The molecule has 1 fully saturated rings. The van der Waals surface area contributed by atoms with Crippen LogP contribution in [-0.4, -0.2) is 32.9 Å². The van der Waals surface area contributed by atoms with Crippen LogP contribution in [-0.2, 0) is 16.0 Å². The summed E-state index contributed by atoms with van der Waals surface area (Å²) in [6.07, 6.45) is 1.79. The standard InChI is InChI=1S/C20H18N2O4S2/c1-2-26-16-10-14(8-9-15(16)23)11-17-19(25)22(20(27)28-17)21-18(24)12-13-6-4-3-5-7-13/h3-11,23H,2,12H2,1H3,(H,21,24)/b17-11+. The normalized spacial score (nSPS) is 15.2. The van der Waals surface area contributed by atoms with Gasteiger partial charge in [-0.1, -0.05) is 48.2 Å². The highest BCUT2D eigenvalue weighted by Crippen LogP contribution is 2.33. The molecule has 0 aliphatic carbocycles. The van der Waals surface area contributed by atoms with Gasteiger partial charge in [0.05, 0.1) is 17.9 Å². The predicted molar refractivity (Wildman–Crippen MR) is 113 cm³/mol. The van der Waals surface area contributed by atoms with Gasteiger partial charge in [0, 0.05) is 0 Å². The van der Waals surface area contributed by atoms with Crippen LogP contribution >= 0.6 is 24.0 Å². The maximum Gasteiger partial charge on any atom is 0.285 e. The fraction of sp³-hybridized carbons (Fsp3) is 0.150. The van der Waals surface area contributed by atoms with Crippen LogP contribution in [0.5, 0.6) is 11.5 Å². The molecule has 1 heterocycles. The first-order chi connectivity index (χ1) is 13.5. The molecule has 2 aromatic rings. The molecule has 0 bridgehead atoms. The second-order valence-electron chi connectivity index (χ2n) is 5.87. The molecule has 0 radical (unpaired) electrons. The van der Waals surface area contributed by atoms with Gasteiger partial charge in [-0.2, -0.15) is 5.01 Å². The Labute approximate surface area is 172 Å². The Kier molecular flexibility index (Phi) is 6.33. The Bertz CT molecular complexity index is 944. The molecule has 3 rings (SSSR count). The number of thioether (sulfide) groups is 1. The lowest BCUT2D eigenvalue weighted by Gasteiger charge is -2.15. The molecule has 0 unspecified atom stereocenters. The van der Waals surface area contributed by atoms with Crippen molar-refractivity contribution in [3.8, 4) is 11.5 Å². The van der Waals surface area contributed by atoms with Crippen molar-refractivity contribution in [3.63, 3.8) is 0 Å². The lowest BCUT2D eigenvalue weighted by Crippen LogP contribution is -2.45. The zero-order valence-corrected chi connectivity index (χ0v) is 16.7. The van der Waals surface area contributed by atoms with Gasteiger partial charge in [0.15, 0.2) is 15.8 Å². The summed E-state index contributed by atoms with van der Waals surface area (Å²) in [5.74, 6) is -0.364. The van der Waals surface area contributed by atoms with Gasteiger partial charge in [-0.3, -0.25) is 15.0 Å². The number of benzene rings is 2. The maximum absolute atomic E-state index is 12.6. The van der Waals surface area contributed by atoms with Crippen molar-refractivity contribution in [2.24, 2.45) is 0 Å². The highest BCUT2D eigenvalue weighted by Gasteiger charge is 2.33. The van der Waals surface area contributed by atoms with E-state index >= 15 is 0 Å². The van der Waals surface area contributed by atoms with E-state index in [-0.39, 0.29) is 22.4 Å². The number of carbonyl (C=O) groups excluding carboxylic acids is 2. The van der Waals surface area contributed by atoms with Gasteiger partial charge in [-0.25, -0.2) is 0 Å². The Hall–Kier alpha value is -2.84. The summed E-state index contributed by atoms with van der Waals surface area (Å²) in [6.45, 7) is 2.22. The number of amides is 2. The zero-order valence-electron chi connectivity index (χ0n) is 15.0. The first-order valence-corrected chi connectivity index (χ1v) is 9.77. The fourth-order valence-corrected chi connectivity index (χ4v) is 3.73. The smallest absolute Gasteiger partial charge is 0.285 e. The number of thiocarbonyl (C=S) groups is 1. The monoisotopic (exact) mass is 414 g/mol. The van der Waals surface area contributed by atoms with Crippen LogP contribution in [0.15, 0.2) is 53.4 Å².